The van der Waals surface area contributed by atoms with Crippen molar-refractivity contribution in [1.82, 2.24) is 20.5 Å². The number of pyridine rings is 1. The van der Waals surface area contributed by atoms with Crippen molar-refractivity contribution < 1.29 is 9.18 Å². The van der Waals surface area contributed by atoms with E-state index in [2.05, 4.69) is 20.5 Å². The summed E-state index contributed by atoms with van der Waals surface area (Å²) in [5.74, 6) is -0.241. The van der Waals surface area contributed by atoms with Crippen molar-refractivity contribution in [1.29, 1.82) is 0 Å². The molecule has 2 heterocycles. The van der Waals surface area contributed by atoms with Crippen LogP contribution < -0.4 is 10.6 Å². The molecule has 1 saturated heterocycles. The number of nitrogens with zero attached hydrogens (tertiary/aromatic N) is 2. The van der Waals surface area contributed by atoms with E-state index >= 15 is 0 Å². The Kier molecular flexibility index (Phi) is 7.47. The molecule has 1 amide bonds. The topological polar surface area (TPSA) is 57.3 Å². The number of aromatic nitrogens is 1. The van der Waals surface area contributed by atoms with Gasteiger partial charge in [-0.05, 0) is 53.4 Å². The van der Waals surface area contributed by atoms with E-state index in [1.54, 1.807) is 24.5 Å². The van der Waals surface area contributed by atoms with Crippen molar-refractivity contribution in [3.63, 3.8) is 0 Å². The zero-order valence-corrected chi connectivity index (χ0v) is 18.4. The van der Waals surface area contributed by atoms with Gasteiger partial charge in [0.15, 0.2) is 0 Å². The number of benzene rings is 2. The van der Waals surface area contributed by atoms with Crippen LogP contribution in [0.3, 0.4) is 0 Å². The molecule has 2 atom stereocenters. The lowest BCUT2D eigenvalue weighted by Crippen LogP contribution is -2.42. The lowest BCUT2D eigenvalue weighted by atomic mass is 10.1. The lowest BCUT2D eigenvalue weighted by Gasteiger charge is -2.23. The van der Waals surface area contributed by atoms with E-state index in [1.807, 2.05) is 36.4 Å². The largest absolute Gasteiger partial charge is 0.351 e. The molecule has 1 fully saturated rings. The summed E-state index contributed by atoms with van der Waals surface area (Å²) in [6.45, 7) is 2.45. The average Bonchev–Trinajstić information content (AvgIpc) is 3.20. The van der Waals surface area contributed by atoms with Crippen molar-refractivity contribution in [2.45, 2.75) is 38.1 Å². The predicted molar refractivity (Wildman–Crippen MR) is 123 cm³/mol. The molecule has 3 aromatic rings. The fourth-order valence-corrected chi connectivity index (χ4v) is 4.26. The van der Waals surface area contributed by atoms with Crippen LogP contribution in [0.4, 0.5) is 4.39 Å². The second-order valence-electron chi connectivity index (χ2n) is 8.09. The fourth-order valence-electron chi connectivity index (χ4n) is 4.04. The number of amides is 1. The third kappa shape index (κ3) is 6.13. The van der Waals surface area contributed by atoms with Crippen LogP contribution in [-0.2, 0) is 24.4 Å². The number of carbonyl (C=O) groups is 1. The highest BCUT2D eigenvalue weighted by atomic mass is 35.5. The van der Waals surface area contributed by atoms with Gasteiger partial charge in [-0.3, -0.25) is 14.7 Å². The normalized spacial score (nSPS) is 18.6. The summed E-state index contributed by atoms with van der Waals surface area (Å²) in [6, 6.07) is 17.9. The summed E-state index contributed by atoms with van der Waals surface area (Å²) in [5, 5.41) is 7.26. The average molecular weight is 453 g/mol. The van der Waals surface area contributed by atoms with Crippen LogP contribution in [0.5, 0.6) is 0 Å². The quantitative estimate of drug-likeness (QED) is 0.544. The second kappa shape index (κ2) is 10.7. The van der Waals surface area contributed by atoms with Crippen molar-refractivity contribution in [3.05, 3.63) is 101 Å². The predicted octanol–water partition coefficient (Wildman–Crippen LogP) is 3.92. The van der Waals surface area contributed by atoms with Gasteiger partial charge in [-0.2, -0.15) is 0 Å². The molecule has 7 heteroatoms. The first-order valence-electron chi connectivity index (χ1n) is 10.7. The first kappa shape index (κ1) is 22.4. The summed E-state index contributed by atoms with van der Waals surface area (Å²) >= 11 is 6.16. The summed E-state index contributed by atoms with van der Waals surface area (Å²) < 4.78 is 13.2. The monoisotopic (exact) mass is 452 g/mol. The minimum atomic E-state index is -0.253. The molecule has 4 rings (SSSR count). The van der Waals surface area contributed by atoms with Crippen LogP contribution in [0, 0.1) is 5.82 Å². The summed E-state index contributed by atoms with van der Waals surface area (Å²) in [7, 11) is 0. The van der Waals surface area contributed by atoms with E-state index in [1.165, 1.54) is 12.1 Å². The van der Waals surface area contributed by atoms with Crippen molar-refractivity contribution >= 4 is 17.5 Å². The fraction of sp³-hybridized carbons (Fsp3) is 0.280. The molecule has 0 spiro atoms. The van der Waals surface area contributed by atoms with E-state index in [-0.39, 0.29) is 23.8 Å². The molecule has 1 aromatic heterocycles. The van der Waals surface area contributed by atoms with Gasteiger partial charge in [0.25, 0.3) is 0 Å². The molecule has 1 aliphatic heterocycles. The van der Waals surface area contributed by atoms with Gasteiger partial charge < -0.3 is 10.6 Å². The van der Waals surface area contributed by atoms with Gasteiger partial charge in [0, 0.05) is 49.6 Å². The Bertz CT molecular complexity index is 1030. The Labute approximate surface area is 192 Å². The Hall–Kier alpha value is -2.80. The molecule has 0 saturated carbocycles. The highest BCUT2D eigenvalue weighted by Crippen LogP contribution is 2.23. The maximum atomic E-state index is 13.2. The molecule has 2 N–H and O–H groups in total. The summed E-state index contributed by atoms with van der Waals surface area (Å²) in [4.78, 5) is 19.4. The van der Waals surface area contributed by atoms with Gasteiger partial charge in [-0.1, -0.05) is 41.9 Å². The number of hydrogen-bond donors (Lipinski definition) is 2. The van der Waals surface area contributed by atoms with E-state index in [0.29, 0.717) is 31.1 Å². The maximum absolute atomic E-state index is 13.2. The van der Waals surface area contributed by atoms with Crippen LogP contribution in [-0.4, -0.2) is 34.4 Å². The lowest BCUT2D eigenvalue weighted by molar-refractivity contribution is -0.125. The smallest absolute Gasteiger partial charge is 0.237 e. The Morgan fingerprint density at radius 3 is 2.62 bits per heavy atom. The van der Waals surface area contributed by atoms with Crippen LogP contribution in [0.2, 0.25) is 5.02 Å². The van der Waals surface area contributed by atoms with Gasteiger partial charge >= 0.3 is 0 Å². The van der Waals surface area contributed by atoms with Gasteiger partial charge in [0.05, 0.1) is 6.04 Å². The van der Waals surface area contributed by atoms with E-state index < -0.39 is 0 Å². The van der Waals surface area contributed by atoms with Crippen LogP contribution >= 0.6 is 11.6 Å². The number of halogens is 2. The first-order valence-corrected chi connectivity index (χ1v) is 11.1. The highest BCUT2D eigenvalue weighted by Gasteiger charge is 2.36. The van der Waals surface area contributed by atoms with Crippen molar-refractivity contribution in [2.75, 3.05) is 6.54 Å². The van der Waals surface area contributed by atoms with E-state index in [9.17, 15) is 9.18 Å². The molecule has 0 bridgehead atoms. The van der Waals surface area contributed by atoms with Gasteiger partial charge in [0.1, 0.15) is 5.82 Å². The maximum Gasteiger partial charge on any atom is 0.237 e. The highest BCUT2D eigenvalue weighted by molar-refractivity contribution is 6.30. The molecule has 32 heavy (non-hydrogen) atoms. The standard InChI is InChI=1S/C25H26ClFN4O/c26-21-5-1-3-19(11-21)16-31-17-23(29-14-18-6-8-22(27)9-7-18)12-24(31)25(32)30-15-20-4-2-10-28-13-20/h1-11,13,23-24,29H,12,14-17H2,(H,30,32)/t23-,24-/m0/s1. The Morgan fingerprint density at radius 2 is 1.88 bits per heavy atom. The molecule has 0 aliphatic carbocycles. The van der Waals surface area contributed by atoms with Gasteiger partial charge in [-0.15, -0.1) is 0 Å². The van der Waals surface area contributed by atoms with Gasteiger partial charge in [-0.25, -0.2) is 4.39 Å². The molecular formula is C25H26ClFN4O. The number of hydrogen-bond acceptors (Lipinski definition) is 4. The number of rotatable bonds is 8. The minimum Gasteiger partial charge on any atom is -0.351 e. The van der Waals surface area contributed by atoms with Crippen LogP contribution in [0.1, 0.15) is 23.1 Å². The van der Waals surface area contributed by atoms with E-state index in [4.69, 9.17) is 11.6 Å². The zero-order valence-electron chi connectivity index (χ0n) is 17.7. The molecule has 2 aromatic carbocycles. The number of carbonyl (C=O) groups excluding carboxylic acids is 1. The van der Waals surface area contributed by atoms with E-state index in [0.717, 1.165) is 23.2 Å². The van der Waals surface area contributed by atoms with Crippen molar-refractivity contribution in [2.24, 2.45) is 0 Å². The van der Waals surface area contributed by atoms with Crippen LogP contribution in [0.15, 0.2) is 73.1 Å². The molecule has 166 valence electrons. The third-order valence-electron chi connectivity index (χ3n) is 5.68. The number of nitrogens with one attached hydrogen (secondary N) is 2. The molecular weight excluding hydrogens is 427 g/mol. The second-order valence-corrected chi connectivity index (χ2v) is 8.53. The molecule has 0 radical (unpaired) electrons. The molecule has 0 unspecified atom stereocenters. The first-order chi connectivity index (χ1) is 15.6. The summed E-state index contributed by atoms with van der Waals surface area (Å²) in [6.07, 6.45) is 4.17. The third-order valence-corrected chi connectivity index (χ3v) is 5.91. The molecule has 5 nitrogen and oxygen atoms in total. The molecule has 1 aliphatic rings. The minimum absolute atomic E-state index is 0.00182. The zero-order chi connectivity index (χ0) is 22.3. The number of likely N-dealkylation sites (tertiary alicyclic amines) is 1. The SMILES string of the molecule is O=C(NCc1cccnc1)[C@@H]1C[C@H](NCc2ccc(F)cc2)CN1Cc1cccc(Cl)c1. The summed E-state index contributed by atoms with van der Waals surface area (Å²) in [5.41, 5.74) is 3.05. The Morgan fingerprint density at radius 1 is 1.06 bits per heavy atom. The van der Waals surface area contributed by atoms with Crippen LogP contribution in [0.25, 0.3) is 0 Å². The van der Waals surface area contributed by atoms with Gasteiger partial charge in [0.2, 0.25) is 5.91 Å². The Balaban J connectivity index is 1.41. The van der Waals surface area contributed by atoms with Crippen molar-refractivity contribution in [3.8, 4) is 0 Å².